The number of thioether (sulfide) groups is 1. The maximum atomic E-state index is 10.6. The van der Waals surface area contributed by atoms with E-state index in [0.29, 0.717) is 6.54 Å². The molecule has 1 unspecified atom stereocenters. The van der Waals surface area contributed by atoms with Gasteiger partial charge in [0.05, 0.1) is 17.6 Å². The van der Waals surface area contributed by atoms with Gasteiger partial charge in [0.25, 0.3) is 5.70 Å². The van der Waals surface area contributed by atoms with Gasteiger partial charge in [-0.2, -0.15) is 0 Å². The second-order valence-corrected chi connectivity index (χ2v) is 3.68. The lowest BCUT2D eigenvalue weighted by molar-refractivity contribution is -0.429. The van der Waals surface area contributed by atoms with Gasteiger partial charge in [-0.15, -0.1) is 11.8 Å². The fraction of sp³-hybridized carbons (Fsp3) is 0.714. The molecule has 0 aliphatic carbocycles. The molecule has 0 saturated heterocycles. The molecule has 0 bridgehead atoms. The fourth-order valence-corrected chi connectivity index (χ4v) is 2.07. The van der Waals surface area contributed by atoms with Crippen LogP contribution in [0.5, 0.6) is 0 Å². The second kappa shape index (κ2) is 3.97. The third-order valence-electron chi connectivity index (χ3n) is 2.13. The van der Waals surface area contributed by atoms with Crippen LogP contribution in [0.15, 0.2) is 10.7 Å². The molecule has 0 aromatic rings. The van der Waals surface area contributed by atoms with E-state index in [2.05, 4.69) is 5.32 Å². The highest BCUT2D eigenvalue weighted by atomic mass is 32.2. The topological polar surface area (TPSA) is 58.4 Å². The highest BCUT2D eigenvalue weighted by Gasteiger charge is 2.28. The molecule has 0 amide bonds. The van der Waals surface area contributed by atoms with Crippen LogP contribution in [-0.2, 0) is 0 Å². The number of rotatable bonds is 2. The van der Waals surface area contributed by atoms with Crippen molar-refractivity contribution in [1.82, 2.24) is 10.2 Å². The summed E-state index contributed by atoms with van der Waals surface area (Å²) in [7, 11) is 1.85. The van der Waals surface area contributed by atoms with Gasteiger partial charge in [-0.05, 0) is 13.2 Å². The average molecular weight is 203 g/mol. The van der Waals surface area contributed by atoms with Crippen LogP contribution in [0.4, 0.5) is 0 Å². The third kappa shape index (κ3) is 1.94. The standard InChI is InChI=1S/C7H13N3O2S/c1-5-8-4-6(10(11)12)7(13-3)9(5)2/h5,8H,4H2,1-3H3. The highest BCUT2D eigenvalue weighted by molar-refractivity contribution is 8.02. The predicted molar refractivity (Wildman–Crippen MR) is 52.8 cm³/mol. The van der Waals surface area contributed by atoms with Crippen molar-refractivity contribution in [2.45, 2.75) is 13.1 Å². The first-order chi connectivity index (χ1) is 6.07. The van der Waals surface area contributed by atoms with Crippen molar-refractivity contribution in [3.05, 3.63) is 20.8 Å². The van der Waals surface area contributed by atoms with Gasteiger partial charge in [0.15, 0.2) is 0 Å². The van der Waals surface area contributed by atoms with E-state index in [1.165, 1.54) is 11.8 Å². The number of nitro groups is 1. The summed E-state index contributed by atoms with van der Waals surface area (Å²) >= 11 is 1.42. The molecule has 6 heteroatoms. The lowest BCUT2D eigenvalue weighted by atomic mass is 10.3. The first-order valence-corrected chi connectivity index (χ1v) is 5.18. The molecule has 1 rings (SSSR count). The molecule has 0 aromatic heterocycles. The van der Waals surface area contributed by atoms with Gasteiger partial charge in [0, 0.05) is 7.05 Å². The summed E-state index contributed by atoms with van der Waals surface area (Å²) in [6, 6.07) is 0. The van der Waals surface area contributed by atoms with Crippen molar-refractivity contribution in [2.24, 2.45) is 0 Å². The molecular weight excluding hydrogens is 190 g/mol. The summed E-state index contributed by atoms with van der Waals surface area (Å²) in [4.78, 5) is 12.2. The zero-order chi connectivity index (χ0) is 10.0. The minimum absolute atomic E-state index is 0.158. The zero-order valence-corrected chi connectivity index (χ0v) is 8.72. The molecule has 0 aromatic carbocycles. The molecule has 0 fully saturated rings. The second-order valence-electron chi connectivity index (χ2n) is 2.88. The molecule has 1 N–H and O–H groups in total. The Labute approximate surface area is 81.3 Å². The quantitative estimate of drug-likeness (QED) is 0.528. The van der Waals surface area contributed by atoms with Gasteiger partial charge in [-0.1, -0.05) is 0 Å². The summed E-state index contributed by atoms with van der Waals surface area (Å²) in [6.07, 6.45) is 2.01. The SMILES string of the molecule is CSC1=C([N+](=O)[O-])CNC(C)N1C. The predicted octanol–water partition coefficient (Wildman–Crippen LogP) is 0.676. The zero-order valence-electron chi connectivity index (χ0n) is 7.90. The van der Waals surface area contributed by atoms with Crippen LogP contribution in [0.25, 0.3) is 0 Å². The van der Waals surface area contributed by atoms with Crippen molar-refractivity contribution in [1.29, 1.82) is 0 Å². The van der Waals surface area contributed by atoms with E-state index in [1.54, 1.807) is 0 Å². The summed E-state index contributed by atoms with van der Waals surface area (Å²) in [6.45, 7) is 2.32. The van der Waals surface area contributed by atoms with Crippen molar-refractivity contribution in [3.8, 4) is 0 Å². The Hall–Kier alpha value is -0.750. The lowest BCUT2D eigenvalue weighted by Crippen LogP contribution is -2.46. The van der Waals surface area contributed by atoms with Gasteiger partial charge in [-0.25, -0.2) is 0 Å². The van der Waals surface area contributed by atoms with Crippen molar-refractivity contribution in [3.63, 3.8) is 0 Å². The van der Waals surface area contributed by atoms with Crippen LogP contribution in [0.2, 0.25) is 0 Å². The number of hydrogen-bond donors (Lipinski definition) is 1. The normalized spacial score (nSPS) is 23.6. The molecule has 1 atom stereocenters. The van der Waals surface area contributed by atoms with Crippen LogP contribution >= 0.6 is 11.8 Å². The van der Waals surface area contributed by atoms with Crippen LogP contribution in [0.3, 0.4) is 0 Å². The number of hydrogen-bond acceptors (Lipinski definition) is 5. The molecule has 0 radical (unpaired) electrons. The molecular formula is C7H13N3O2S. The number of nitrogens with one attached hydrogen (secondary N) is 1. The molecule has 1 aliphatic rings. The molecule has 0 saturated carbocycles. The Morgan fingerprint density at radius 1 is 1.77 bits per heavy atom. The molecule has 0 spiro atoms. The van der Waals surface area contributed by atoms with Gasteiger partial charge in [0.2, 0.25) is 0 Å². The largest absolute Gasteiger partial charge is 0.349 e. The molecule has 1 aliphatic heterocycles. The Morgan fingerprint density at radius 2 is 2.38 bits per heavy atom. The highest BCUT2D eigenvalue weighted by Crippen LogP contribution is 2.24. The first kappa shape index (κ1) is 10.3. The number of nitrogens with zero attached hydrogens (tertiary/aromatic N) is 2. The van der Waals surface area contributed by atoms with E-state index in [-0.39, 0.29) is 16.8 Å². The smallest absolute Gasteiger partial charge is 0.289 e. The molecule has 13 heavy (non-hydrogen) atoms. The van der Waals surface area contributed by atoms with E-state index >= 15 is 0 Å². The third-order valence-corrected chi connectivity index (χ3v) is 3.04. The lowest BCUT2D eigenvalue weighted by Gasteiger charge is -2.32. The van der Waals surface area contributed by atoms with Gasteiger partial charge < -0.3 is 4.90 Å². The molecule has 74 valence electrons. The van der Waals surface area contributed by atoms with Gasteiger partial charge >= 0.3 is 0 Å². The van der Waals surface area contributed by atoms with Crippen LogP contribution in [0.1, 0.15) is 6.92 Å². The summed E-state index contributed by atoms with van der Waals surface area (Å²) in [5.74, 6) is 0. The average Bonchev–Trinajstić information content (AvgIpc) is 2.09. The van der Waals surface area contributed by atoms with E-state index < -0.39 is 0 Å². The maximum Gasteiger partial charge on any atom is 0.289 e. The van der Waals surface area contributed by atoms with Crippen LogP contribution < -0.4 is 5.32 Å². The monoisotopic (exact) mass is 203 g/mol. The minimum atomic E-state index is -0.318. The Balaban J connectivity index is 2.99. The van der Waals surface area contributed by atoms with E-state index in [0.717, 1.165) is 5.03 Å². The van der Waals surface area contributed by atoms with Crippen molar-refractivity contribution < 1.29 is 4.92 Å². The Bertz CT molecular complexity index is 254. The minimum Gasteiger partial charge on any atom is -0.349 e. The Kier molecular flexibility index (Phi) is 3.16. The van der Waals surface area contributed by atoms with E-state index in [9.17, 15) is 10.1 Å². The maximum absolute atomic E-state index is 10.6. The van der Waals surface area contributed by atoms with Crippen molar-refractivity contribution in [2.75, 3.05) is 19.8 Å². The summed E-state index contributed by atoms with van der Waals surface area (Å²) in [5, 5.41) is 14.4. The molecule has 5 nitrogen and oxygen atoms in total. The molecule has 1 heterocycles. The van der Waals surface area contributed by atoms with Gasteiger partial charge in [-0.3, -0.25) is 15.4 Å². The van der Waals surface area contributed by atoms with E-state index in [4.69, 9.17) is 0 Å². The summed E-state index contributed by atoms with van der Waals surface area (Å²) < 4.78 is 0. The van der Waals surface area contributed by atoms with Gasteiger partial charge in [0.1, 0.15) is 5.03 Å². The first-order valence-electron chi connectivity index (χ1n) is 3.95. The van der Waals surface area contributed by atoms with Crippen LogP contribution in [-0.4, -0.2) is 35.8 Å². The van der Waals surface area contributed by atoms with E-state index in [1.807, 2.05) is 25.1 Å². The summed E-state index contributed by atoms with van der Waals surface area (Å²) in [5.41, 5.74) is 0.258. The van der Waals surface area contributed by atoms with Crippen LogP contribution in [0, 0.1) is 10.1 Å². The Morgan fingerprint density at radius 3 is 2.85 bits per heavy atom. The fourth-order valence-electron chi connectivity index (χ4n) is 1.24. The van der Waals surface area contributed by atoms with Crippen molar-refractivity contribution >= 4 is 11.8 Å².